The number of hydrogen-bond donors (Lipinski definition) is 1. The molecule has 1 aromatic carbocycles. The zero-order valence-electron chi connectivity index (χ0n) is 10.0. The van der Waals surface area contributed by atoms with Gasteiger partial charge in [-0.05, 0) is 30.9 Å². The van der Waals surface area contributed by atoms with Gasteiger partial charge in [0, 0.05) is 17.0 Å². The summed E-state index contributed by atoms with van der Waals surface area (Å²) in [4.78, 5) is 0. The van der Waals surface area contributed by atoms with Gasteiger partial charge in [0.1, 0.15) is 5.82 Å². The van der Waals surface area contributed by atoms with Gasteiger partial charge in [-0.15, -0.1) is 0 Å². The summed E-state index contributed by atoms with van der Waals surface area (Å²) < 4.78 is 13.7. The topological polar surface area (TPSA) is 20.2 Å². The molecule has 0 aromatic heterocycles. The summed E-state index contributed by atoms with van der Waals surface area (Å²) >= 11 is 6.00. The van der Waals surface area contributed by atoms with Crippen molar-refractivity contribution in [1.29, 1.82) is 0 Å². The first-order valence-electron chi connectivity index (χ1n) is 6.15. The van der Waals surface area contributed by atoms with E-state index in [1.54, 1.807) is 12.1 Å². The third-order valence-corrected chi connectivity index (χ3v) is 3.99. The van der Waals surface area contributed by atoms with Crippen LogP contribution in [-0.4, -0.2) is 10.7 Å². The predicted octanol–water partition coefficient (Wildman–Crippen LogP) is 3.96. The van der Waals surface area contributed by atoms with Crippen LogP contribution in [0.15, 0.2) is 18.2 Å². The molecule has 1 nitrogen and oxygen atoms in total. The summed E-state index contributed by atoms with van der Waals surface area (Å²) in [6.07, 6.45) is 3.94. The van der Waals surface area contributed by atoms with Gasteiger partial charge in [-0.3, -0.25) is 0 Å². The molecule has 0 spiro atoms. The average Bonchev–Trinajstić information content (AvgIpc) is 2.23. The minimum absolute atomic E-state index is 0.316. The van der Waals surface area contributed by atoms with Crippen molar-refractivity contribution in [2.75, 3.05) is 0 Å². The van der Waals surface area contributed by atoms with Crippen LogP contribution in [-0.2, 0) is 6.42 Å². The molecule has 2 rings (SSSR count). The van der Waals surface area contributed by atoms with Crippen molar-refractivity contribution in [1.82, 2.24) is 0 Å². The largest absolute Gasteiger partial charge is 0.390 e. The smallest absolute Gasteiger partial charge is 0.127 e. The first kappa shape index (κ1) is 12.8. The van der Waals surface area contributed by atoms with E-state index < -0.39 is 5.60 Å². The van der Waals surface area contributed by atoms with Crippen molar-refractivity contribution >= 4 is 11.6 Å². The van der Waals surface area contributed by atoms with E-state index in [-0.39, 0.29) is 5.82 Å². The van der Waals surface area contributed by atoms with Crippen molar-refractivity contribution in [3.8, 4) is 0 Å². The van der Waals surface area contributed by atoms with E-state index in [9.17, 15) is 9.50 Å². The number of rotatable bonds is 2. The number of benzene rings is 1. The highest BCUT2D eigenvalue weighted by molar-refractivity contribution is 6.31. The predicted molar refractivity (Wildman–Crippen MR) is 67.7 cm³/mol. The Hall–Kier alpha value is -0.600. The van der Waals surface area contributed by atoms with E-state index >= 15 is 0 Å². The molecular formula is C14H18ClFO. The first-order chi connectivity index (χ1) is 8.00. The summed E-state index contributed by atoms with van der Waals surface area (Å²) in [6.45, 7) is 2.13. The minimum atomic E-state index is -0.788. The molecule has 1 aliphatic carbocycles. The van der Waals surface area contributed by atoms with E-state index in [0.29, 0.717) is 22.9 Å². The Labute approximate surface area is 107 Å². The van der Waals surface area contributed by atoms with Crippen molar-refractivity contribution in [2.45, 2.75) is 44.6 Å². The molecular weight excluding hydrogens is 239 g/mol. The SMILES string of the molecule is CC1CCCC(O)(Cc2c(F)cccc2Cl)C1. The molecule has 0 radical (unpaired) electrons. The van der Waals surface area contributed by atoms with E-state index in [1.165, 1.54) is 6.07 Å². The fourth-order valence-corrected chi connectivity index (χ4v) is 3.05. The maximum absolute atomic E-state index is 13.7. The number of halogens is 2. The molecule has 0 heterocycles. The van der Waals surface area contributed by atoms with Crippen LogP contribution in [0.4, 0.5) is 4.39 Å². The maximum atomic E-state index is 13.7. The van der Waals surface area contributed by atoms with Crippen molar-refractivity contribution in [2.24, 2.45) is 5.92 Å². The third kappa shape index (κ3) is 2.99. The van der Waals surface area contributed by atoms with E-state index in [0.717, 1.165) is 25.7 Å². The summed E-state index contributed by atoms with van der Waals surface area (Å²) in [5.41, 5.74) is -0.338. The fourth-order valence-electron chi connectivity index (χ4n) is 2.82. The lowest BCUT2D eigenvalue weighted by Gasteiger charge is -2.36. The van der Waals surface area contributed by atoms with Gasteiger partial charge < -0.3 is 5.11 Å². The standard InChI is InChI=1S/C14H18ClFO/c1-10-4-3-7-14(17,8-10)9-11-12(15)5-2-6-13(11)16/h2,5-6,10,17H,3-4,7-9H2,1H3. The molecule has 0 saturated heterocycles. The van der Waals surface area contributed by atoms with Gasteiger partial charge in [0.15, 0.2) is 0 Å². The lowest BCUT2D eigenvalue weighted by molar-refractivity contribution is -0.0130. The Morgan fingerprint density at radius 2 is 2.29 bits per heavy atom. The van der Waals surface area contributed by atoms with Gasteiger partial charge in [0.2, 0.25) is 0 Å². The fraction of sp³-hybridized carbons (Fsp3) is 0.571. The third-order valence-electron chi connectivity index (χ3n) is 3.64. The molecule has 17 heavy (non-hydrogen) atoms. The van der Waals surface area contributed by atoms with E-state index in [1.807, 2.05) is 0 Å². The van der Waals surface area contributed by atoms with Gasteiger partial charge in [0.25, 0.3) is 0 Å². The molecule has 2 unspecified atom stereocenters. The first-order valence-corrected chi connectivity index (χ1v) is 6.53. The molecule has 1 fully saturated rings. The normalized spacial score (nSPS) is 29.3. The van der Waals surface area contributed by atoms with Crippen LogP contribution < -0.4 is 0 Å². The molecule has 94 valence electrons. The van der Waals surface area contributed by atoms with Crippen LogP contribution in [0.3, 0.4) is 0 Å². The Kier molecular flexibility index (Phi) is 3.74. The highest BCUT2D eigenvalue weighted by Gasteiger charge is 2.34. The van der Waals surface area contributed by atoms with Crippen molar-refractivity contribution in [3.63, 3.8) is 0 Å². The molecule has 1 aromatic rings. The maximum Gasteiger partial charge on any atom is 0.127 e. The van der Waals surface area contributed by atoms with Gasteiger partial charge in [-0.2, -0.15) is 0 Å². The van der Waals surface area contributed by atoms with Gasteiger partial charge in [-0.1, -0.05) is 37.4 Å². The van der Waals surface area contributed by atoms with Gasteiger partial charge >= 0.3 is 0 Å². The lowest BCUT2D eigenvalue weighted by atomic mass is 9.76. The number of aliphatic hydroxyl groups is 1. The van der Waals surface area contributed by atoms with Crippen LogP contribution in [0, 0.1) is 11.7 Å². The molecule has 1 N–H and O–H groups in total. The highest BCUT2D eigenvalue weighted by Crippen LogP contribution is 2.36. The zero-order chi connectivity index (χ0) is 12.5. The zero-order valence-corrected chi connectivity index (χ0v) is 10.8. The van der Waals surface area contributed by atoms with Crippen molar-refractivity contribution < 1.29 is 9.50 Å². The van der Waals surface area contributed by atoms with Crippen LogP contribution in [0.1, 0.15) is 38.2 Å². The molecule has 2 atom stereocenters. The van der Waals surface area contributed by atoms with Crippen LogP contribution in [0.25, 0.3) is 0 Å². The summed E-state index contributed by atoms with van der Waals surface area (Å²) in [7, 11) is 0. The van der Waals surface area contributed by atoms with Crippen LogP contribution >= 0.6 is 11.6 Å². The Morgan fingerprint density at radius 3 is 2.94 bits per heavy atom. The molecule has 3 heteroatoms. The Balaban J connectivity index is 2.19. The second-order valence-corrected chi connectivity index (χ2v) is 5.71. The van der Waals surface area contributed by atoms with Crippen molar-refractivity contribution in [3.05, 3.63) is 34.6 Å². The molecule has 1 aliphatic rings. The van der Waals surface area contributed by atoms with Crippen LogP contribution in [0.2, 0.25) is 5.02 Å². The quantitative estimate of drug-likeness (QED) is 0.849. The summed E-state index contributed by atoms with van der Waals surface area (Å²) in [6, 6.07) is 4.67. The summed E-state index contributed by atoms with van der Waals surface area (Å²) in [5, 5.41) is 10.9. The average molecular weight is 257 g/mol. The Morgan fingerprint density at radius 1 is 1.53 bits per heavy atom. The Bertz CT molecular complexity index is 387. The molecule has 0 bridgehead atoms. The minimum Gasteiger partial charge on any atom is -0.390 e. The lowest BCUT2D eigenvalue weighted by Crippen LogP contribution is -2.37. The summed E-state index contributed by atoms with van der Waals surface area (Å²) in [5.74, 6) is 0.184. The molecule has 1 saturated carbocycles. The monoisotopic (exact) mass is 256 g/mol. The van der Waals surface area contributed by atoms with Gasteiger partial charge in [0.05, 0.1) is 5.60 Å². The highest BCUT2D eigenvalue weighted by atomic mass is 35.5. The second kappa shape index (κ2) is 4.95. The van der Waals surface area contributed by atoms with Gasteiger partial charge in [-0.25, -0.2) is 4.39 Å². The molecule has 0 amide bonds. The second-order valence-electron chi connectivity index (χ2n) is 5.30. The number of hydrogen-bond acceptors (Lipinski definition) is 1. The van der Waals surface area contributed by atoms with Crippen LogP contribution in [0.5, 0.6) is 0 Å². The van der Waals surface area contributed by atoms with E-state index in [4.69, 9.17) is 11.6 Å². The van der Waals surface area contributed by atoms with E-state index in [2.05, 4.69) is 6.92 Å². The molecule has 0 aliphatic heterocycles.